The molecule has 0 amide bonds. The van der Waals surface area contributed by atoms with Gasteiger partial charge in [0.1, 0.15) is 11.6 Å². The minimum absolute atomic E-state index is 0.146. The summed E-state index contributed by atoms with van der Waals surface area (Å²) in [6.07, 6.45) is 5.98. The molecule has 0 spiro atoms. The number of hydrogen-bond acceptors (Lipinski definition) is 4. The van der Waals surface area contributed by atoms with Crippen LogP contribution >= 0.6 is 0 Å². The summed E-state index contributed by atoms with van der Waals surface area (Å²) in [6, 6.07) is 19.8. The van der Waals surface area contributed by atoms with E-state index >= 15 is 0 Å². The zero-order valence-electron chi connectivity index (χ0n) is 17.3. The fraction of sp³-hybridized carbons (Fsp3) is 0.280. The number of anilines is 2. The fourth-order valence-electron chi connectivity index (χ4n) is 3.08. The minimum Gasteiger partial charge on any atom is -0.494 e. The quantitative estimate of drug-likeness (QED) is 0.379. The zero-order chi connectivity index (χ0) is 21.2. The predicted molar refractivity (Wildman–Crippen MR) is 120 cm³/mol. The van der Waals surface area contributed by atoms with Crippen molar-refractivity contribution in [2.24, 2.45) is 0 Å². The number of ether oxygens (including phenoxy) is 1. The van der Waals surface area contributed by atoms with Crippen molar-refractivity contribution >= 4 is 17.5 Å². The van der Waals surface area contributed by atoms with Crippen molar-refractivity contribution < 1.29 is 14.6 Å². The van der Waals surface area contributed by atoms with Gasteiger partial charge in [-0.25, -0.2) is 4.98 Å². The summed E-state index contributed by atoms with van der Waals surface area (Å²) in [5, 5.41) is 12.1. The third-order valence-electron chi connectivity index (χ3n) is 4.82. The molecular weight excluding hydrogens is 376 g/mol. The van der Waals surface area contributed by atoms with Gasteiger partial charge in [-0.3, -0.25) is 4.79 Å². The van der Waals surface area contributed by atoms with Gasteiger partial charge in [-0.15, -0.1) is 0 Å². The van der Waals surface area contributed by atoms with Crippen LogP contribution in [0.25, 0.3) is 11.1 Å². The number of nitrogens with zero attached hydrogens (tertiary/aromatic N) is 1. The molecule has 2 aromatic carbocycles. The van der Waals surface area contributed by atoms with Crippen LogP contribution in [0.1, 0.15) is 38.2 Å². The summed E-state index contributed by atoms with van der Waals surface area (Å²) < 4.78 is 5.74. The molecule has 3 rings (SSSR count). The van der Waals surface area contributed by atoms with Crippen molar-refractivity contribution in [3.8, 4) is 16.9 Å². The summed E-state index contributed by atoms with van der Waals surface area (Å²) in [4.78, 5) is 15.2. The largest absolute Gasteiger partial charge is 0.494 e. The van der Waals surface area contributed by atoms with Gasteiger partial charge >= 0.3 is 5.97 Å². The van der Waals surface area contributed by atoms with E-state index in [1.54, 1.807) is 0 Å². The fourth-order valence-corrected chi connectivity index (χ4v) is 3.08. The maximum atomic E-state index is 10.7. The molecule has 0 saturated heterocycles. The summed E-state index contributed by atoms with van der Waals surface area (Å²) in [5.41, 5.74) is 4.04. The van der Waals surface area contributed by atoms with E-state index in [1.807, 2.05) is 66.9 Å². The molecule has 1 heterocycles. The number of carboxylic acids is 1. The topological polar surface area (TPSA) is 71.5 Å². The number of nitrogens with one attached hydrogen (secondary N) is 1. The Morgan fingerprint density at radius 1 is 0.967 bits per heavy atom. The number of aryl methyl sites for hydroxylation is 1. The minimum atomic E-state index is -0.777. The van der Waals surface area contributed by atoms with E-state index in [9.17, 15) is 4.79 Å². The number of hydrogen-bond donors (Lipinski definition) is 2. The number of benzene rings is 2. The van der Waals surface area contributed by atoms with E-state index in [-0.39, 0.29) is 6.42 Å². The average Bonchev–Trinajstić information content (AvgIpc) is 2.77. The van der Waals surface area contributed by atoms with Gasteiger partial charge in [0.05, 0.1) is 6.61 Å². The van der Waals surface area contributed by atoms with Crippen LogP contribution in [0.15, 0.2) is 66.9 Å². The maximum absolute atomic E-state index is 10.7. The number of aliphatic carboxylic acids is 1. The Morgan fingerprint density at radius 3 is 2.33 bits per heavy atom. The Balaban J connectivity index is 1.54. The SMILES string of the molecule is CCCCCOc1ccc(Nc2ccc(-c3ccc(CCC(=O)O)cc3)cn2)cc1. The number of pyridine rings is 1. The van der Waals surface area contributed by atoms with E-state index < -0.39 is 5.97 Å². The van der Waals surface area contributed by atoms with Crippen molar-refractivity contribution in [2.75, 3.05) is 11.9 Å². The second-order valence-corrected chi connectivity index (χ2v) is 7.23. The van der Waals surface area contributed by atoms with Gasteiger partial charge in [-0.1, -0.05) is 44.0 Å². The Bertz CT molecular complexity index is 920. The smallest absolute Gasteiger partial charge is 0.303 e. The van der Waals surface area contributed by atoms with Gasteiger partial charge in [0.25, 0.3) is 0 Å². The van der Waals surface area contributed by atoms with Crippen LogP contribution < -0.4 is 10.1 Å². The van der Waals surface area contributed by atoms with Gasteiger partial charge in [0, 0.05) is 23.9 Å². The third kappa shape index (κ3) is 6.62. The molecule has 0 bridgehead atoms. The van der Waals surface area contributed by atoms with Crippen LogP contribution in [0.3, 0.4) is 0 Å². The van der Waals surface area contributed by atoms with Gasteiger partial charge in [-0.05, 0) is 60.4 Å². The first kappa shape index (κ1) is 21.4. The van der Waals surface area contributed by atoms with Gasteiger partial charge in [-0.2, -0.15) is 0 Å². The highest BCUT2D eigenvalue weighted by molar-refractivity contribution is 5.68. The Morgan fingerprint density at radius 2 is 1.70 bits per heavy atom. The molecule has 3 aromatic rings. The maximum Gasteiger partial charge on any atom is 0.303 e. The summed E-state index contributed by atoms with van der Waals surface area (Å²) in [6.45, 7) is 2.94. The van der Waals surface area contributed by atoms with Crippen LogP contribution in [-0.2, 0) is 11.2 Å². The second-order valence-electron chi connectivity index (χ2n) is 7.23. The number of carboxylic acid groups (broad SMARTS) is 1. The lowest BCUT2D eigenvalue weighted by Gasteiger charge is -2.09. The lowest BCUT2D eigenvalue weighted by atomic mass is 10.0. The van der Waals surface area contributed by atoms with Crippen molar-refractivity contribution in [3.05, 3.63) is 72.4 Å². The molecule has 5 nitrogen and oxygen atoms in total. The molecule has 0 atom stereocenters. The van der Waals surface area contributed by atoms with E-state index in [4.69, 9.17) is 9.84 Å². The number of unbranched alkanes of at least 4 members (excludes halogenated alkanes) is 2. The van der Waals surface area contributed by atoms with Crippen LogP contribution in [0.5, 0.6) is 5.75 Å². The summed E-state index contributed by atoms with van der Waals surface area (Å²) in [7, 11) is 0. The normalized spacial score (nSPS) is 10.6. The Labute approximate surface area is 177 Å². The Kier molecular flexibility index (Phi) is 7.84. The number of rotatable bonds is 11. The van der Waals surface area contributed by atoms with Crippen LogP contribution in [0.2, 0.25) is 0 Å². The number of carbonyl (C=O) groups is 1. The zero-order valence-corrected chi connectivity index (χ0v) is 17.3. The first-order valence-corrected chi connectivity index (χ1v) is 10.4. The second kappa shape index (κ2) is 11.0. The molecule has 0 aliphatic carbocycles. The molecule has 5 heteroatoms. The van der Waals surface area contributed by atoms with Gasteiger partial charge < -0.3 is 15.2 Å². The van der Waals surface area contributed by atoms with Crippen molar-refractivity contribution in [1.82, 2.24) is 4.98 Å². The molecule has 0 fully saturated rings. The molecule has 30 heavy (non-hydrogen) atoms. The van der Waals surface area contributed by atoms with Crippen LogP contribution in [0.4, 0.5) is 11.5 Å². The van der Waals surface area contributed by atoms with Crippen LogP contribution in [-0.4, -0.2) is 22.7 Å². The van der Waals surface area contributed by atoms with E-state index in [1.165, 1.54) is 12.8 Å². The lowest BCUT2D eigenvalue weighted by molar-refractivity contribution is -0.136. The molecule has 0 aliphatic rings. The average molecular weight is 405 g/mol. The molecule has 156 valence electrons. The molecule has 0 saturated carbocycles. The van der Waals surface area contributed by atoms with Crippen molar-refractivity contribution in [3.63, 3.8) is 0 Å². The van der Waals surface area contributed by atoms with E-state index in [0.29, 0.717) is 6.42 Å². The first-order valence-electron chi connectivity index (χ1n) is 10.4. The number of aromatic nitrogens is 1. The third-order valence-corrected chi connectivity index (χ3v) is 4.82. The lowest BCUT2D eigenvalue weighted by Crippen LogP contribution is -1.98. The molecule has 0 aliphatic heterocycles. The highest BCUT2D eigenvalue weighted by atomic mass is 16.5. The van der Waals surface area contributed by atoms with E-state index in [0.717, 1.165) is 47.0 Å². The van der Waals surface area contributed by atoms with E-state index in [2.05, 4.69) is 17.2 Å². The predicted octanol–water partition coefficient (Wildman–Crippen LogP) is 6.08. The van der Waals surface area contributed by atoms with Gasteiger partial charge in [0.15, 0.2) is 0 Å². The summed E-state index contributed by atoms with van der Waals surface area (Å²) in [5.74, 6) is 0.876. The van der Waals surface area contributed by atoms with Gasteiger partial charge in [0.2, 0.25) is 0 Å². The molecule has 0 radical (unpaired) electrons. The molecule has 0 unspecified atom stereocenters. The van der Waals surface area contributed by atoms with Crippen molar-refractivity contribution in [2.45, 2.75) is 39.0 Å². The highest BCUT2D eigenvalue weighted by Crippen LogP contribution is 2.23. The molecule has 2 N–H and O–H groups in total. The van der Waals surface area contributed by atoms with Crippen molar-refractivity contribution in [1.29, 1.82) is 0 Å². The molecular formula is C25H28N2O3. The molecule has 1 aromatic heterocycles. The van der Waals surface area contributed by atoms with Crippen LogP contribution in [0, 0.1) is 0 Å². The Hall–Kier alpha value is -3.34. The monoisotopic (exact) mass is 404 g/mol. The first-order chi connectivity index (χ1) is 14.6. The summed E-state index contributed by atoms with van der Waals surface area (Å²) >= 11 is 0. The highest BCUT2D eigenvalue weighted by Gasteiger charge is 2.03. The standard InChI is InChI=1S/C25H28N2O3/c1-2-3-4-17-30-23-13-11-22(12-14-23)27-24-15-10-21(18-26-24)20-8-5-19(6-9-20)7-16-25(28)29/h5-6,8-15,18H,2-4,7,16-17H2,1H3,(H,26,27)(H,28,29).